The van der Waals surface area contributed by atoms with E-state index < -0.39 is 11.2 Å². The zero-order chi connectivity index (χ0) is 10.8. The molecule has 2 fully saturated rings. The highest BCUT2D eigenvalue weighted by Crippen LogP contribution is 2.34. The Hall–Kier alpha value is -0.530. The molecule has 6 nitrogen and oxygen atoms in total. The second kappa shape index (κ2) is 4.54. The van der Waals surface area contributed by atoms with E-state index in [0.29, 0.717) is 6.61 Å². The molecule has 0 saturated carbocycles. The van der Waals surface area contributed by atoms with Gasteiger partial charge in [-0.15, -0.1) is 10.1 Å². The van der Waals surface area contributed by atoms with Gasteiger partial charge >= 0.3 is 0 Å². The second-order valence-corrected chi connectivity index (χ2v) is 4.97. The maximum Gasteiger partial charge on any atom is 0.294 e. The van der Waals surface area contributed by atoms with Gasteiger partial charge in [-0.2, -0.15) is 11.8 Å². The number of nitrogens with zero attached hydrogens (tertiary/aromatic N) is 1. The third kappa shape index (κ3) is 2.19. The van der Waals surface area contributed by atoms with Gasteiger partial charge in [0.05, 0.1) is 18.5 Å². The summed E-state index contributed by atoms with van der Waals surface area (Å²) >= 11 is 1.76. The zero-order valence-electron chi connectivity index (χ0n) is 8.33. The minimum absolute atomic E-state index is 0.0556. The monoisotopic (exact) mass is 235 g/mol. The summed E-state index contributed by atoms with van der Waals surface area (Å²) < 4.78 is 11.0. The Balaban J connectivity index is 1.93. The Bertz CT molecular complexity index is 251. The zero-order valence-corrected chi connectivity index (χ0v) is 9.14. The van der Waals surface area contributed by atoms with E-state index in [1.807, 2.05) is 0 Å². The van der Waals surface area contributed by atoms with Crippen molar-refractivity contribution in [2.24, 2.45) is 0 Å². The molecule has 0 aromatic rings. The van der Waals surface area contributed by atoms with Crippen molar-refractivity contribution in [3.05, 3.63) is 10.1 Å². The Morgan fingerprint density at radius 1 is 1.47 bits per heavy atom. The van der Waals surface area contributed by atoms with Crippen LogP contribution in [0.15, 0.2) is 0 Å². The first-order valence-electron chi connectivity index (χ1n) is 4.88. The SMILES string of the molecule is CCS[C@H]1CO[C@H]2[C@@H]1OC[C@H]2O[N+](=O)[O-]. The molecule has 7 heteroatoms. The van der Waals surface area contributed by atoms with Gasteiger partial charge in [0.2, 0.25) is 0 Å². The molecule has 0 aromatic carbocycles. The Kier molecular flexibility index (Phi) is 3.32. The number of hydrogen-bond acceptors (Lipinski definition) is 6. The molecule has 2 saturated heterocycles. The van der Waals surface area contributed by atoms with Crippen molar-refractivity contribution >= 4 is 11.8 Å². The van der Waals surface area contributed by atoms with E-state index in [-0.39, 0.29) is 24.1 Å². The second-order valence-electron chi connectivity index (χ2n) is 3.46. The largest absolute Gasteiger partial charge is 0.372 e. The maximum absolute atomic E-state index is 10.2. The summed E-state index contributed by atoms with van der Waals surface area (Å²) in [6.45, 7) is 2.90. The Labute approximate surface area is 91.4 Å². The van der Waals surface area contributed by atoms with Crippen molar-refractivity contribution in [2.75, 3.05) is 19.0 Å². The van der Waals surface area contributed by atoms with Gasteiger partial charge in [0.25, 0.3) is 5.09 Å². The molecule has 0 spiro atoms. The van der Waals surface area contributed by atoms with Crippen LogP contribution >= 0.6 is 11.8 Å². The van der Waals surface area contributed by atoms with Crippen LogP contribution in [0.3, 0.4) is 0 Å². The van der Waals surface area contributed by atoms with Crippen molar-refractivity contribution < 1.29 is 19.4 Å². The lowest BCUT2D eigenvalue weighted by Gasteiger charge is -2.14. The molecule has 0 unspecified atom stereocenters. The molecule has 86 valence electrons. The van der Waals surface area contributed by atoms with E-state index in [1.54, 1.807) is 11.8 Å². The topological polar surface area (TPSA) is 70.8 Å². The fourth-order valence-corrected chi connectivity index (χ4v) is 3.01. The van der Waals surface area contributed by atoms with Gasteiger partial charge in [-0.05, 0) is 5.75 Å². The summed E-state index contributed by atoms with van der Waals surface area (Å²) in [5, 5.41) is 9.72. The third-order valence-corrected chi connectivity index (χ3v) is 3.73. The molecule has 15 heavy (non-hydrogen) atoms. The third-order valence-electron chi connectivity index (χ3n) is 2.56. The molecule has 0 amide bonds. The molecule has 4 atom stereocenters. The number of thioether (sulfide) groups is 1. The van der Waals surface area contributed by atoms with Crippen LogP contribution in [-0.2, 0) is 14.3 Å². The summed E-state index contributed by atoms with van der Waals surface area (Å²) in [4.78, 5) is 14.7. The van der Waals surface area contributed by atoms with Gasteiger partial charge in [0.1, 0.15) is 12.2 Å². The van der Waals surface area contributed by atoms with Gasteiger partial charge in [0.15, 0.2) is 6.10 Å². The fourth-order valence-electron chi connectivity index (χ4n) is 1.99. The summed E-state index contributed by atoms with van der Waals surface area (Å²) in [6, 6.07) is 0. The molecule has 0 bridgehead atoms. The first kappa shape index (κ1) is 11.0. The molecule has 0 N–H and O–H groups in total. The molecule has 2 aliphatic rings. The molecular weight excluding hydrogens is 222 g/mol. The van der Waals surface area contributed by atoms with E-state index in [2.05, 4.69) is 11.8 Å². The number of fused-ring (bicyclic) bond motifs is 1. The number of hydrogen-bond donors (Lipinski definition) is 0. The minimum atomic E-state index is -0.778. The van der Waals surface area contributed by atoms with Crippen LogP contribution in [0.5, 0.6) is 0 Å². The van der Waals surface area contributed by atoms with Crippen molar-refractivity contribution in [1.29, 1.82) is 0 Å². The average molecular weight is 235 g/mol. The van der Waals surface area contributed by atoms with E-state index >= 15 is 0 Å². The standard InChI is InChI=1S/C8H13NO5S/c1-2-15-6-4-13-7-5(14-9(10)11)3-12-8(6)7/h5-8H,2-4H2,1H3/t5-,6+,7-,8-/m1/s1. The summed E-state index contributed by atoms with van der Waals surface area (Å²) in [5.41, 5.74) is 0. The van der Waals surface area contributed by atoms with Gasteiger partial charge in [-0.3, -0.25) is 0 Å². The van der Waals surface area contributed by atoms with Gasteiger partial charge in [0, 0.05) is 0 Å². The van der Waals surface area contributed by atoms with E-state index in [9.17, 15) is 10.1 Å². The molecule has 0 radical (unpaired) electrons. The van der Waals surface area contributed by atoms with E-state index in [0.717, 1.165) is 5.75 Å². The van der Waals surface area contributed by atoms with Crippen LogP contribution in [-0.4, -0.2) is 47.6 Å². The van der Waals surface area contributed by atoms with Crippen LogP contribution in [0.2, 0.25) is 0 Å². The molecule has 0 aromatic heterocycles. The Morgan fingerprint density at radius 2 is 2.20 bits per heavy atom. The van der Waals surface area contributed by atoms with Crippen LogP contribution in [0.1, 0.15) is 6.92 Å². The van der Waals surface area contributed by atoms with Gasteiger partial charge in [-0.1, -0.05) is 6.92 Å². The molecule has 2 aliphatic heterocycles. The molecule has 2 heterocycles. The predicted octanol–water partition coefficient (Wildman–Crippen LogP) is 0.483. The van der Waals surface area contributed by atoms with Gasteiger partial charge in [-0.25, -0.2) is 0 Å². The maximum atomic E-state index is 10.2. The summed E-state index contributed by atoms with van der Waals surface area (Å²) in [5.74, 6) is 0.987. The Morgan fingerprint density at radius 3 is 2.87 bits per heavy atom. The van der Waals surface area contributed by atoms with Gasteiger partial charge < -0.3 is 14.3 Å². The quantitative estimate of drug-likeness (QED) is 0.521. The van der Waals surface area contributed by atoms with Crippen molar-refractivity contribution in [3.8, 4) is 0 Å². The normalized spacial score (nSPS) is 39.0. The highest BCUT2D eigenvalue weighted by molar-refractivity contribution is 7.99. The van der Waals surface area contributed by atoms with Crippen molar-refractivity contribution in [1.82, 2.24) is 0 Å². The van der Waals surface area contributed by atoms with Crippen LogP contribution < -0.4 is 0 Å². The lowest BCUT2D eigenvalue weighted by Crippen LogP contribution is -2.33. The smallest absolute Gasteiger partial charge is 0.294 e. The lowest BCUT2D eigenvalue weighted by atomic mass is 10.1. The predicted molar refractivity (Wildman–Crippen MR) is 53.3 cm³/mol. The van der Waals surface area contributed by atoms with E-state index in [4.69, 9.17) is 9.47 Å². The average Bonchev–Trinajstić information content (AvgIpc) is 2.71. The minimum Gasteiger partial charge on any atom is -0.372 e. The van der Waals surface area contributed by atoms with Crippen molar-refractivity contribution in [3.63, 3.8) is 0 Å². The van der Waals surface area contributed by atoms with E-state index in [1.165, 1.54) is 0 Å². The molecule has 2 rings (SSSR count). The summed E-state index contributed by atoms with van der Waals surface area (Å²) in [7, 11) is 0. The summed E-state index contributed by atoms with van der Waals surface area (Å²) in [6.07, 6.45) is -0.896. The number of rotatable bonds is 4. The number of ether oxygens (including phenoxy) is 2. The first-order valence-corrected chi connectivity index (χ1v) is 5.93. The first-order chi connectivity index (χ1) is 7.22. The molecular formula is C8H13NO5S. The van der Waals surface area contributed by atoms with Crippen LogP contribution in [0.4, 0.5) is 0 Å². The van der Waals surface area contributed by atoms with Crippen LogP contribution in [0.25, 0.3) is 0 Å². The highest BCUT2D eigenvalue weighted by Gasteiger charge is 2.49. The molecule has 0 aliphatic carbocycles. The van der Waals surface area contributed by atoms with Crippen molar-refractivity contribution in [2.45, 2.75) is 30.5 Å². The highest BCUT2D eigenvalue weighted by atomic mass is 32.2. The fraction of sp³-hybridized carbons (Fsp3) is 1.00. The van der Waals surface area contributed by atoms with Crippen LogP contribution in [0, 0.1) is 10.1 Å². The lowest BCUT2D eigenvalue weighted by molar-refractivity contribution is -0.769.